The van der Waals surface area contributed by atoms with Crippen molar-refractivity contribution in [2.45, 2.75) is 19.9 Å². The molecule has 0 fully saturated rings. The third-order valence-corrected chi connectivity index (χ3v) is 3.54. The fraction of sp³-hybridized carbons (Fsp3) is 0.235. The van der Waals surface area contributed by atoms with Crippen LogP contribution in [0.2, 0.25) is 0 Å². The van der Waals surface area contributed by atoms with Crippen molar-refractivity contribution in [1.82, 2.24) is 9.55 Å². The molecule has 3 aromatic rings. The number of aromatic nitrogens is 2. The average molecular weight is 281 g/mol. The van der Waals surface area contributed by atoms with Gasteiger partial charge in [-0.25, -0.2) is 4.98 Å². The lowest BCUT2D eigenvalue weighted by atomic mass is 10.3. The van der Waals surface area contributed by atoms with E-state index in [-0.39, 0.29) is 0 Å². The summed E-state index contributed by atoms with van der Waals surface area (Å²) in [6.45, 7) is 3.60. The molecule has 4 nitrogen and oxygen atoms in total. The second-order valence-corrected chi connectivity index (χ2v) is 4.90. The number of anilines is 1. The lowest BCUT2D eigenvalue weighted by molar-refractivity contribution is 0.317. The van der Waals surface area contributed by atoms with E-state index in [9.17, 15) is 0 Å². The monoisotopic (exact) mass is 281 g/mol. The molecule has 3 rings (SSSR count). The van der Waals surface area contributed by atoms with E-state index in [1.165, 1.54) is 0 Å². The Kier molecular flexibility index (Phi) is 3.77. The van der Waals surface area contributed by atoms with E-state index >= 15 is 0 Å². The Morgan fingerprint density at radius 2 is 1.90 bits per heavy atom. The average Bonchev–Trinajstić information content (AvgIpc) is 2.87. The number of nitrogens with zero attached hydrogens (tertiary/aromatic N) is 2. The zero-order valence-corrected chi connectivity index (χ0v) is 12.1. The quantitative estimate of drug-likeness (QED) is 0.730. The molecule has 0 aliphatic carbocycles. The number of fused-ring (bicyclic) bond motifs is 1. The number of hydrogen-bond donors (Lipinski definition) is 1. The van der Waals surface area contributed by atoms with Crippen molar-refractivity contribution in [2.24, 2.45) is 0 Å². The molecule has 0 spiro atoms. The lowest BCUT2D eigenvalue weighted by Crippen LogP contribution is -2.08. The molecule has 0 bridgehead atoms. The Bertz CT molecular complexity index is 734. The number of nitrogen functional groups attached to an aromatic ring is 1. The van der Waals surface area contributed by atoms with Gasteiger partial charge in [-0.1, -0.05) is 24.3 Å². The summed E-state index contributed by atoms with van der Waals surface area (Å²) in [5.74, 6) is 1.90. The van der Waals surface area contributed by atoms with Gasteiger partial charge in [0.05, 0.1) is 17.8 Å². The van der Waals surface area contributed by atoms with Crippen LogP contribution in [0.4, 0.5) is 5.69 Å². The molecule has 4 heteroatoms. The van der Waals surface area contributed by atoms with Crippen LogP contribution in [0.15, 0.2) is 48.5 Å². The van der Waals surface area contributed by atoms with E-state index in [2.05, 4.69) is 22.5 Å². The first-order chi connectivity index (χ1) is 10.3. The van der Waals surface area contributed by atoms with E-state index < -0.39 is 0 Å². The molecular weight excluding hydrogens is 262 g/mol. The highest BCUT2D eigenvalue weighted by molar-refractivity contribution is 5.87. The summed E-state index contributed by atoms with van der Waals surface area (Å²) in [7, 11) is 0. The number of aryl methyl sites for hydroxylation is 1. The largest absolute Gasteiger partial charge is 0.493 e. The smallest absolute Gasteiger partial charge is 0.119 e. The first-order valence-corrected chi connectivity index (χ1v) is 7.21. The molecule has 0 unspecified atom stereocenters. The molecule has 1 heterocycles. The van der Waals surface area contributed by atoms with Crippen LogP contribution in [0.25, 0.3) is 11.0 Å². The Morgan fingerprint density at radius 1 is 1.10 bits per heavy atom. The predicted molar refractivity (Wildman–Crippen MR) is 85.5 cm³/mol. The van der Waals surface area contributed by atoms with Gasteiger partial charge >= 0.3 is 0 Å². The van der Waals surface area contributed by atoms with Crippen LogP contribution < -0.4 is 10.5 Å². The Balaban J connectivity index is 1.79. The van der Waals surface area contributed by atoms with Crippen molar-refractivity contribution in [3.8, 4) is 5.75 Å². The van der Waals surface area contributed by atoms with Crippen molar-refractivity contribution in [2.75, 3.05) is 12.3 Å². The third-order valence-electron chi connectivity index (χ3n) is 3.54. The highest BCUT2D eigenvalue weighted by Crippen LogP contribution is 2.22. The van der Waals surface area contributed by atoms with E-state index in [0.717, 1.165) is 41.3 Å². The van der Waals surface area contributed by atoms with Crippen LogP contribution in [0, 0.1) is 0 Å². The van der Waals surface area contributed by atoms with Crippen LogP contribution in [-0.2, 0) is 13.0 Å². The topological polar surface area (TPSA) is 53.1 Å². The molecule has 2 N–H and O–H groups in total. The molecule has 0 amide bonds. The molecule has 0 saturated heterocycles. The predicted octanol–water partition coefficient (Wildman–Crippen LogP) is 3.26. The summed E-state index contributed by atoms with van der Waals surface area (Å²) in [6, 6.07) is 15.8. The second-order valence-electron chi connectivity index (χ2n) is 4.90. The number of hydrogen-bond acceptors (Lipinski definition) is 3. The summed E-state index contributed by atoms with van der Waals surface area (Å²) < 4.78 is 7.95. The van der Waals surface area contributed by atoms with Gasteiger partial charge in [0.2, 0.25) is 0 Å². The van der Waals surface area contributed by atoms with Gasteiger partial charge in [0.25, 0.3) is 0 Å². The molecule has 0 aliphatic heterocycles. The van der Waals surface area contributed by atoms with Gasteiger partial charge in [-0.15, -0.1) is 0 Å². The molecule has 1 aromatic heterocycles. The van der Waals surface area contributed by atoms with E-state index in [1.807, 2.05) is 42.5 Å². The lowest BCUT2D eigenvalue weighted by Gasteiger charge is -2.08. The Morgan fingerprint density at radius 3 is 2.67 bits per heavy atom. The van der Waals surface area contributed by atoms with Crippen LogP contribution in [-0.4, -0.2) is 16.2 Å². The summed E-state index contributed by atoms with van der Waals surface area (Å²) in [4.78, 5) is 4.67. The number of ether oxygens (including phenoxy) is 1. The number of imidazole rings is 1. The van der Waals surface area contributed by atoms with Gasteiger partial charge in [0, 0.05) is 13.0 Å². The van der Waals surface area contributed by atoms with Crippen LogP contribution in [0.3, 0.4) is 0 Å². The molecule has 2 aromatic carbocycles. The van der Waals surface area contributed by atoms with Crippen molar-refractivity contribution < 1.29 is 4.74 Å². The standard InChI is InChI=1S/C17H19N3O/c1-2-20-15-10-6-9-14(18)17(15)19-16(20)11-12-21-13-7-4-3-5-8-13/h3-10H,2,11-12,18H2,1H3. The minimum atomic E-state index is 0.604. The van der Waals surface area contributed by atoms with Gasteiger partial charge in [-0.2, -0.15) is 0 Å². The summed E-state index contributed by atoms with van der Waals surface area (Å²) in [5.41, 5.74) is 8.71. The highest BCUT2D eigenvalue weighted by atomic mass is 16.5. The number of nitrogens with two attached hydrogens (primary N) is 1. The van der Waals surface area contributed by atoms with Gasteiger partial charge in [-0.05, 0) is 31.2 Å². The Labute approximate surface area is 124 Å². The highest BCUT2D eigenvalue weighted by Gasteiger charge is 2.11. The van der Waals surface area contributed by atoms with E-state index in [0.29, 0.717) is 6.61 Å². The molecule has 21 heavy (non-hydrogen) atoms. The maximum atomic E-state index is 6.01. The number of benzene rings is 2. The summed E-state index contributed by atoms with van der Waals surface area (Å²) in [5, 5.41) is 0. The van der Waals surface area contributed by atoms with Crippen molar-refractivity contribution >= 4 is 16.7 Å². The summed E-state index contributed by atoms with van der Waals surface area (Å²) in [6.07, 6.45) is 0.761. The third kappa shape index (κ3) is 2.70. The molecular formula is C17H19N3O. The molecule has 0 radical (unpaired) electrons. The fourth-order valence-corrected chi connectivity index (χ4v) is 2.54. The van der Waals surface area contributed by atoms with Crippen LogP contribution in [0.1, 0.15) is 12.7 Å². The first kappa shape index (κ1) is 13.5. The van der Waals surface area contributed by atoms with Crippen molar-refractivity contribution in [3.05, 3.63) is 54.4 Å². The number of para-hydroxylation sites is 2. The van der Waals surface area contributed by atoms with Gasteiger partial charge in [-0.3, -0.25) is 0 Å². The minimum Gasteiger partial charge on any atom is -0.493 e. The summed E-state index contributed by atoms with van der Waals surface area (Å²) >= 11 is 0. The Hall–Kier alpha value is -2.49. The number of rotatable bonds is 5. The van der Waals surface area contributed by atoms with Gasteiger partial charge in [0.1, 0.15) is 17.1 Å². The first-order valence-electron chi connectivity index (χ1n) is 7.21. The molecule has 0 saturated carbocycles. The van der Waals surface area contributed by atoms with Gasteiger partial charge in [0.15, 0.2) is 0 Å². The maximum absolute atomic E-state index is 6.01. The van der Waals surface area contributed by atoms with Crippen molar-refractivity contribution in [3.63, 3.8) is 0 Å². The minimum absolute atomic E-state index is 0.604. The van der Waals surface area contributed by atoms with E-state index in [4.69, 9.17) is 10.5 Å². The molecule has 108 valence electrons. The van der Waals surface area contributed by atoms with E-state index in [1.54, 1.807) is 0 Å². The van der Waals surface area contributed by atoms with Crippen LogP contribution in [0.5, 0.6) is 5.75 Å². The molecule has 0 aliphatic rings. The zero-order valence-electron chi connectivity index (χ0n) is 12.1. The van der Waals surface area contributed by atoms with Crippen LogP contribution >= 0.6 is 0 Å². The molecule has 0 atom stereocenters. The van der Waals surface area contributed by atoms with Crippen molar-refractivity contribution in [1.29, 1.82) is 0 Å². The SMILES string of the molecule is CCn1c(CCOc2ccccc2)nc2c(N)cccc21. The fourth-order valence-electron chi connectivity index (χ4n) is 2.54. The zero-order chi connectivity index (χ0) is 14.7. The van der Waals surface area contributed by atoms with Gasteiger partial charge < -0.3 is 15.0 Å². The maximum Gasteiger partial charge on any atom is 0.119 e. The normalized spacial score (nSPS) is 10.9. The second kappa shape index (κ2) is 5.87.